The van der Waals surface area contributed by atoms with Gasteiger partial charge in [0.1, 0.15) is 27.0 Å². The first-order chi connectivity index (χ1) is 16.9. The molecular weight excluding hydrogens is 494 g/mol. The van der Waals surface area contributed by atoms with Crippen molar-refractivity contribution in [1.82, 2.24) is 5.32 Å². The molecule has 1 heterocycles. The summed E-state index contributed by atoms with van der Waals surface area (Å²) in [6.07, 6.45) is -3.80. The molecule has 4 radical (unpaired) electrons. The molecule has 2 aliphatic rings. The number of nitrogens with one attached hydrogen (secondary N) is 1. The van der Waals surface area contributed by atoms with Crippen LogP contribution in [0.2, 0.25) is 0 Å². The summed E-state index contributed by atoms with van der Waals surface area (Å²) in [5.74, 6) is -2.15. The van der Waals surface area contributed by atoms with Gasteiger partial charge in [-0.25, -0.2) is 4.39 Å². The van der Waals surface area contributed by atoms with Gasteiger partial charge in [-0.1, -0.05) is 10.9 Å². The molecule has 6 nitrogen and oxygen atoms in total. The molecule has 1 saturated heterocycles. The van der Waals surface area contributed by atoms with Gasteiger partial charge in [0.2, 0.25) is 0 Å². The zero-order chi connectivity index (χ0) is 26.6. The summed E-state index contributed by atoms with van der Waals surface area (Å²) in [6, 6.07) is 5.91. The smallest absolute Gasteiger partial charge is 0.352 e. The van der Waals surface area contributed by atoms with Crippen LogP contribution < -0.4 is 26.0 Å². The standard InChI is InChI=1S/C23H16B2F4N4O2S/c1-2-31-19(34)13-5-4-12(9-15(13)26)33-21(36)32(20(35)22(33)6-3-7-22)18-14(24)8-11(10-30)16(17(18)25)23(27,28)29/h4-5,8-9H,2-3,6-7H2,1H3,(H,31,34). The zero-order valence-corrected chi connectivity index (χ0v) is 19.7. The topological polar surface area (TPSA) is 76.4 Å². The van der Waals surface area contributed by atoms with Crippen LogP contribution in [0, 0.1) is 17.1 Å². The monoisotopic (exact) mass is 510 g/mol. The molecule has 1 aliphatic carbocycles. The number of thiocarbonyl (C=S) groups is 1. The Morgan fingerprint density at radius 2 is 1.94 bits per heavy atom. The highest BCUT2D eigenvalue weighted by molar-refractivity contribution is 7.81. The lowest BCUT2D eigenvalue weighted by Gasteiger charge is -2.43. The van der Waals surface area contributed by atoms with Crippen LogP contribution >= 0.6 is 12.2 Å². The van der Waals surface area contributed by atoms with Crippen molar-refractivity contribution in [3.8, 4) is 6.07 Å². The molecule has 2 aromatic rings. The first-order valence-corrected chi connectivity index (χ1v) is 11.3. The Kier molecular flexibility index (Phi) is 6.37. The van der Waals surface area contributed by atoms with Gasteiger partial charge in [-0.2, -0.15) is 18.4 Å². The van der Waals surface area contributed by atoms with Crippen LogP contribution in [0.1, 0.15) is 47.7 Å². The fourth-order valence-electron chi connectivity index (χ4n) is 4.62. The normalized spacial score (nSPS) is 16.8. The largest absolute Gasteiger partial charge is 0.417 e. The number of nitriles is 1. The molecule has 36 heavy (non-hydrogen) atoms. The van der Waals surface area contributed by atoms with Crippen molar-refractivity contribution in [1.29, 1.82) is 5.26 Å². The first kappa shape index (κ1) is 25.7. The minimum absolute atomic E-state index is 0.142. The fraction of sp³-hybridized carbons (Fsp3) is 0.304. The van der Waals surface area contributed by atoms with Crippen LogP contribution in [-0.2, 0) is 11.0 Å². The summed E-state index contributed by atoms with van der Waals surface area (Å²) in [5, 5.41) is 11.4. The maximum absolute atomic E-state index is 14.9. The molecular formula is C23H16B2F4N4O2S. The minimum atomic E-state index is -5.01. The van der Waals surface area contributed by atoms with E-state index >= 15 is 0 Å². The predicted octanol–water partition coefficient (Wildman–Crippen LogP) is 2.11. The Bertz CT molecular complexity index is 1360. The van der Waals surface area contributed by atoms with E-state index in [2.05, 4.69) is 5.32 Å². The predicted molar refractivity (Wildman–Crippen MR) is 130 cm³/mol. The van der Waals surface area contributed by atoms with Crippen molar-refractivity contribution in [3.05, 3.63) is 46.8 Å². The molecule has 1 N–H and O–H groups in total. The molecule has 2 fully saturated rings. The van der Waals surface area contributed by atoms with Gasteiger partial charge >= 0.3 is 6.18 Å². The molecule has 2 amide bonds. The molecule has 0 aromatic heterocycles. The molecule has 1 spiro atoms. The van der Waals surface area contributed by atoms with E-state index in [-0.39, 0.29) is 28.4 Å². The highest BCUT2D eigenvalue weighted by atomic mass is 32.1. The van der Waals surface area contributed by atoms with Crippen LogP contribution in [-0.4, -0.2) is 44.7 Å². The van der Waals surface area contributed by atoms with Crippen LogP contribution in [0.25, 0.3) is 0 Å². The second kappa shape index (κ2) is 8.92. The number of rotatable bonds is 4. The molecule has 1 saturated carbocycles. The van der Waals surface area contributed by atoms with Gasteiger partial charge in [-0.05, 0) is 62.7 Å². The summed E-state index contributed by atoms with van der Waals surface area (Å²) in [5.41, 5.74) is -5.31. The Hall–Kier alpha value is -3.39. The van der Waals surface area contributed by atoms with Crippen molar-refractivity contribution in [3.63, 3.8) is 0 Å². The van der Waals surface area contributed by atoms with Gasteiger partial charge in [0.05, 0.1) is 22.8 Å². The average Bonchev–Trinajstić information content (AvgIpc) is 2.99. The SMILES string of the molecule is [B]c1cc(C#N)c(C(F)(F)F)c([B])c1N1C(=O)C2(CCC2)N(c2ccc(C(=O)NCC)c(F)c2)C1=S. The van der Waals surface area contributed by atoms with Crippen molar-refractivity contribution in [2.24, 2.45) is 0 Å². The molecule has 0 unspecified atom stereocenters. The van der Waals surface area contributed by atoms with E-state index in [1.165, 1.54) is 23.1 Å². The summed E-state index contributed by atoms with van der Waals surface area (Å²) in [4.78, 5) is 27.9. The third-order valence-corrected chi connectivity index (χ3v) is 6.75. The van der Waals surface area contributed by atoms with Gasteiger partial charge in [0, 0.05) is 17.9 Å². The second-order valence-corrected chi connectivity index (χ2v) is 8.79. The maximum Gasteiger partial charge on any atom is 0.417 e. The van der Waals surface area contributed by atoms with Gasteiger partial charge in [0.25, 0.3) is 11.8 Å². The van der Waals surface area contributed by atoms with Crippen molar-refractivity contribution in [2.75, 3.05) is 16.3 Å². The lowest BCUT2D eigenvalue weighted by molar-refractivity contribution is -0.137. The third-order valence-electron chi connectivity index (χ3n) is 6.38. The maximum atomic E-state index is 14.9. The van der Waals surface area contributed by atoms with Crippen molar-refractivity contribution in [2.45, 2.75) is 37.9 Å². The van der Waals surface area contributed by atoms with Crippen molar-refractivity contribution >= 4 is 67.1 Å². The van der Waals surface area contributed by atoms with Gasteiger partial charge in [-0.15, -0.1) is 0 Å². The van der Waals surface area contributed by atoms with E-state index in [9.17, 15) is 32.4 Å². The Balaban J connectivity index is 1.86. The quantitative estimate of drug-likeness (QED) is 0.388. The van der Waals surface area contributed by atoms with Crippen molar-refractivity contribution < 1.29 is 27.2 Å². The second-order valence-electron chi connectivity index (χ2n) is 8.43. The van der Waals surface area contributed by atoms with E-state index in [0.717, 1.165) is 17.0 Å². The lowest BCUT2D eigenvalue weighted by atomic mass is 9.74. The summed E-state index contributed by atoms with van der Waals surface area (Å²) >= 11 is 5.51. The summed E-state index contributed by atoms with van der Waals surface area (Å²) in [7, 11) is 11.8. The van der Waals surface area contributed by atoms with E-state index in [1.54, 1.807) is 6.92 Å². The number of benzene rings is 2. The number of anilines is 2. The minimum Gasteiger partial charge on any atom is -0.352 e. The van der Waals surface area contributed by atoms with Crippen LogP contribution in [0.4, 0.5) is 28.9 Å². The average molecular weight is 510 g/mol. The van der Waals surface area contributed by atoms with E-state index in [0.29, 0.717) is 19.3 Å². The fourth-order valence-corrected chi connectivity index (χ4v) is 5.07. The number of nitrogens with zero attached hydrogens (tertiary/aromatic N) is 3. The number of carbonyl (C=O) groups excluding carboxylic acids is 2. The zero-order valence-electron chi connectivity index (χ0n) is 18.9. The third kappa shape index (κ3) is 3.75. The molecule has 180 valence electrons. The van der Waals surface area contributed by atoms with Crippen LogP contribution in [0.3, 0.4) is 0 Å². The molecule has 1 aliphatic heterocycles. The number of hydrogen-bond donors (Lipinski definition) is 1. The Morgan fingerprint density at radius 3 is 2.44 bits per heavy atom. The van der Waals surface area contributed by atoms with Crippen LogP contribution in [0.15, 0.2) is 24.3 Å². The molecule has 0 bridgehead atoms. The number of halogens is 4. The van der Waals surface area contributed by atoms with Gasteiger partial charge in [-0.3, -0.25) is 14.5 Å². The molecule has 4 rings (SSSR count). The number of hydrogen-bond acceptors (Lipinski definition) is 4. The highest BCUT2D eigenvalue weighted by Crippen LogP contribution is 2.48. The molecule has 2 aromatic carbocycles. The van der Waals surface area contributed by atoms with E-state index < -0.39 is 51.6 Å². The van der Waals surface area contributed by atoms with E-state index in [4.69, 9.17) is 27.9 Å². The lowest BCUT2D eigenvalue weighted by Crippen LogP contribution is -2.55. The first-order valence-electron chi connectivity index (χ1n) is 10.8. The molecule has 0 atom stereocenters. The van der Waals surface area contributed by atoms with E-state index in [1.807, 2.05) is 0 Å². The molecule has 13 heteroatoms. The summed E-state index contributed by atoms with van der Waals surface area (Å²) in [6.45, 7) is 1.97. The number of amides is 2. The Labute approximate surface area is 212 Å². The number of carbonyl (C=O) groups is 2. The summed E-state index contributed by atoms with van der Waals surface area (Å²) < 4.78 is 56.2. The number of alkyl halides is 3. The van der Waals surface area contributed by atoms with Gasteiger partial charge < -0.3 is 10.2 Å². The van der Waals surface area contributed by atoms with Gasteiger partial charge in [0.15, 0.2) is 5.11 Å². The van der Waals surface area contributed by atoms with Crippen LogP contribution in [0.5, 0.6) is 0 Å². The Morgan fingerprint density at radius 1 is 1.28 bits per heavy atom. The highest BCUT2D eigenvalue weighted by Gasteiger charge is 2.60.